The van der Waals surface area contributed by atoms with Gasteiger partial charge in [-0.05, 0) is 67.7 Å². The van der Waals surface area contributed by atoms with Gasteiger partial charge in [0.1, 0.15) is 16.6 Å². The van der Waals surface area contributed by atoms with E-state index in [2.05, 4.69) is 23.2 Å². The van der Waals surface area contributed by atoms with E-state index < -0.39 is 11.6 Å². The molecule has 4 nitrogen and oxygen atoms in total. The Morgan fingerprint density at radius 2 is 2.00 bits per heavy atom. The fourth-order valence-corrected chi connectivity index (χ4v) is 5.64. The highest BCUT2D eigenvalue weighted by Crippen LogP contribution is 2.39. The van der Waals surface area contributed by atoms with Crippen LogP contribution < -0.4 is 4.90 Å². The van der Waals surface area contributed by atoms with E-state index in [4.69, 9.17) is 9.97 Å². The maximum absolute atomic E-state index is 14.2. The molecule has 3 aromatic heterocycles. The summed E-state index contributed by atoms with van der Waals surface area (Å²) in [5.41, 5.74) is 6.81. The molecule has 0 bridgehead atoms. The molecule has 4 aromatic rings. The first-order valence-corrected chi connectivity index (χ1v) is 12.2. The predicted molar refractivity (Wildman–Crippen MR) is 132 cm³/mol. The second-order valence-electron chi connectivity index (χ2n) is 8.74. The van der Waals surface area contributed by atoms with Crippen molar-refractivity contribution in [3.63, 3.8) is 0 Å². The van der Waals surface area contributed by atoms with Crippen LogP contribution in [-0.2, 0) is 6.42 Å². The Morgan fingerprint density at radius 3 is 2.82 bits per heavy atom. The number of rotatable bonds is 4. The zero-order valence-electron chi connectivity index (χ0n) is 18.6. The number of nitrogens with zero attached hydrogens (tertiary/aromatic N) is 4. The average Bonchev–Trinajstić information content (AvgIpc) is 3.49. The quantitative estimate of drug-likeness (QED) is 0.320. The van der Waals surface area contributed by atoms with E-state index in [-0.39, 0.29) is 6.04 Å². The van der Waals surface area contributed by atoms with Crippen LogP contribution in [0.15, 0.2) is 60.9 Å². The Labute approximate surface area is 200 Å². The summed E-state index contributed by atoms with van der Waals surface area (Å²) in [6.07, 6.45) is 8.82. The Morgan fingerprint density at radius 1 is 1.09 bits per heavy atom. The van der Waals surface area contributed by atoms with Crippen molar-refractivity contribution in [2.75, 3.05) is 11.4 Å². The minimum absolute atomic E-state index is 0.105. The normalized spacial score (nSPS) is 18.3. The molecule has 1 aliphatic heterocycles. The van der Waals surface area contributed by atoms with Crippen molar-refractivity contribution >= 4 is 22.6 Å². The van der Waals surface area contributed by atoms with Crippen molar-refractivity contribution in [3.05, 3.63) is 89.5 Å². The standard InChI is InChI=1S/C27H22F2N4S/c1-16-26(34-27(31-16)19-6-3-11-30-14-19)23-9-7-17-4-2-5-18(25(17)32-23)12-21-15-33(21)24-10-8-20(28)13-22(24)29/h3,6-14,21H,2,4-5,15H2,1H3. The van der Waals surface area contributed by atoms with E-state index in [1.54, 1.807) is 17.5 Å². The molecule has 0 spiro atoms. The van der Waals surface area contributed by atoms with Crippen LogP contribution in [-0.4, -0.2) is 27.5 Å². The molecule has 0 radical (unpaired) electrons. The number of halogens is 2. The predicted octanol–water partition coefficient (Wildman–Crippen LogP) is 6.46. The molecule has 7 heteroatoms. The van der Waals surface area contributed by atoms with Crippen molar-refractivity contribution in [2.45, 2.75) is 32.2 Å². The lowest BCUT2D eigenvalue weighted by molar-refractivity contribution is 0.584. The Kier molecular flexibility index (Phi) is 5.21. The average molecular weight is 473 g/mol. The van der Waals surface area contributed by atoms with Gasteiger partial charge in [0.25, 0.3) is 0 Å². The first-order valence-electron chi connectivity index (χ1n) is 11.4. The summed E-state index contributed by atoms with van der Waals surface area (Å²) in [6, 6.07) is 12.1. The minimum Gasteiger partial charge on any atom is -0.359 e. The molecule has 4 heterocycles. The van der Waals surface area contributed by atoms with Crippen LogP contribution in [0.25, 0.3) is 26.7 Å². The third-order valence-corrected chi connectivity index (χ3v) is 7.61. The number of fused-ring (bicyclic) bond motifs is 1. The summed E-state index contributed by atoms with van der Waals surface area (Å²) < 4.78 is 27.5. The number of allylic oxidation sites excluding steroid dienone is 1. The number of hydrogen-bond acceptors (Lipinski definition) is 5. The SMILES string of the molecule is Cc1nc(-c2cccnc2)sc1-c1ccc2c(n1)C(=CC1CN1c1ccc(F)cc1F)CCC2. The van der Waals surface area contributed by atoms with Crippen molar-refractivity contribution in [2.24, 2.45) is 0 Å². The van der Waals surface area contributed by atoms with Gasteiger partial charge >= 0.3 is 0 Å². The second kappa shape index (κ2) is 8.40. The lowest BCUT2D eigenvalue weighted by Crippen LogP contribution is -2.07. The van der Waals surface area contributed by atoms with Crippen molar-refractivity contribution in [1.82, 2.24) is 15.0 Å². The zero-order valence-corrected chi connectivity index (χ0v) is 19.4. The van der Waals surface area contributed by atoms with Crippen molar-refractivity contribution in [1.29, 1.82) is 0 Å². The van der Waals surface area contributed by atoms with Gasteiger partial charge in [0.2, 0.25) is 0 Å². The van der Waals surface area contributed by atoms with E-state index in [9.17, 15) is 8.78 Å². The molecule has 1 aliphatic carbocycles. The van der Waals surface area contributed by atoms with Crippen LogP contribution in [0.1, 0.15) is 29.8 Å². The van der Waals surface area contributed by atoms with Crippen LogP contribution >= 0.6 is 11.3 Å². The van der Waals surface area contributed by atoms with E-state index in [0.29, 0.717) is 5.69 Å². The van der Waals surface area contributed by atoms with Crippen LogP contribution in [0.2, 0.25) is 0 Å². The van der Waals surface area contributed by atoms with Gasteiger partial charge in [-0.3, -0.25) is 4.98 Å². The molecular weight excluding hydrogens is 450 g/mol. The van der Waals surface area contributed by atoms with Crippen LogP contribution in [0.5, 0.6) is 0 Å². The van der Waals surface area contributed by atoms with Crippen LogP contribution in [0.3, 0.4) is 0 Å². The molecule has 1 saturated heterocycles. The molecule has 1 unspecified atom stereocenters. The van der Waals surface area contributed by atoms with Gasteiger partial charge in [-0.25, -0.2) is 18.7 Å². The lowest BCUT2D eigenvalue weighted by atomic mass is 9.90. The van der Waals surface area contributed by atoms with Gasteiger partial charge in [0, 0.05) is 30.6 Å². The second-order valence-corrected chi connectivity index (χ2v) is 9.74. The summed E-state index contributed by atoms with van der Waals surface area (Å²) >= 11 is 1.63. The van der Waals surface area contributed by atoms with Gasteiger partial charge in [0.15, 0.2) is 0 Å². The Balaban J connectivity index is 1.31. The van der Waals surface area contributed by atoms with Crippen molar-refractivity contribution < 1.29 is 8.78 Å². The molecule has 1 atom stereocenters. The number of pyridine rings is 2. The molecule has 1 aromatic carbocycles. The molecule has 34 heavy (non-hydrogen) atoms. The zero-order chi connectivity index (χ0) is 23.2. The minimum atomic E-state index is -0.555. The molecule has 0 N–H and O–H groups in total. The van der Waals surface area contributed by atoms with Gasteiger partial charge in [-0.1, -0.05) is 12.1 Å². The fourth-order valence-electron chi connectivity index (χ4n) is 4.61. The van der Waals surface area contributed by atoms with Gasteiger partial charge in [-0.15, -0.1) is 11.3 Å². The van der Waals surface area contributed by atoms with Crippen LogP contribution in [0.4, 0.5) is 14.5 Å². The monoisotopic (exact) mass is 472 g/mol. The number of thiazole rings is 1. The number of hydrogen-bond donors (Lipinski definition) is 0. The van der Waals surface area contributed by atoms with Gasteiger partial charge < -0.3 is 4.90 Å². The molecule has 2 aliphatic rings. The fraction of sp³-hybridized carbons (Fsp3) is 0.222. The summed E-state index contributed by atoms with van der Waals surface area (Å²) in [6.45, 7) is 2.74. The largest absolute Gasteiger partial charge is 0.359 e. The van der Waals surface area contributed by atoms with Crippen LogP contribution in [0, 0.1) is 18.6 Å². The molecular formula is C27H22F2N4S. The highest BCUT2D eigenvalue weighted by molar-refractivity contribution is 7.18. The van der Waals surface area contributed by atoms with Gasteiger partial charge in [0.05, 0.1) is 33.7 Å². The van der Waals surface area contributed by atoms with E-state index >= 15 is 0 Å². The third kappa shape index (κ3) is 3.90. The summed E-state index contributed by atoms with van der Waals surface area (Å²) in [5.74, 6) is -1.07. The number of benzene rings is 1. The van der Waals surface area contributed by atoms with E-state index in [0.717, 1.165) is 64.4 Å². The lowest BCUT2D eigenvalue weighted by Gasteiger charge is -2.19. The summed E-state index contributed by atoms with van der Waals surface area (Å²) in [5, 5.41) is 0.936. The third-order valence-electron chi connectivity index (χ3n) is 6.38. The maximum Gasteiger partial charge on any atom is 0.149 e. The summed E-state index contributed by atoms with van der Waals surface area (Å²) in [4.78, 5) is 17.1. The van der Waals surface area contributed by atoms with E-state index in [1.807, 2.05) is 30.2 Å². The number of anilines is 1. The molecule has 6 rings (SSSR count). The van der Waals surface area contributed by atoms with E-state index in [1.165, 1.54) is 23.3 Å². The van der Waals surface area contributed by atoms with Crippen molar-refractivity contribution in [3.8, 4) is 21.1 Å². The summed E-state index contributed by atoms with van der Waals surface area (Å²) in [7, 11) is 0. The number of aryl methyl sites for hydroxylation is 2. The number of aromatic nitrogens is 3. The topological polar surface area (TPSA) is 41.7 Å². The highest BCUT2D eigenvalue weighted by Gasteiger charge is 2.35. The first-order chi connectivity index (χ1) is 16.6. The van der Waals surface area contributed by atoms with Gasteiger partial charge in [-0.2, -0.15) is 0 Å². The molecule has 0 amide bonds. The maximum atomic E-state index is 14.2. The Bertz CT molecular complexity index is 1410. The Hall–Kier alpha value is -3.45. The molecule has 170 valence electrons. The molecule has 1 fully saturated rings. The smallest absolute Gasteiger partial charge is 0.149 e. The first kappa shape index (κ1) is 21.1. The molecule has 0 saturated carbocycles. The highest BCUT2D eigenvalue weighted by atomic mass is 32.1.